The van der Waals surface area contributed by atoms with Gasteiger partial charge in [-0.05, 0) is 69.4 Å². The first-order valence-electron chi connectivity index (χ1n) is 5.97. The van der Waals surface area contributed by atoms with Gasteiger partial charge in [0.1, 0.15) is 0 Å². The Morgan fingerprint density at radius 3 is 1.38 bits per heavy atom. The van der Waals surface area contributed by atoms with E-state index < -0.39 is 11.9 Å². The number of rotatable bonds is 4. The van der Waals surface area contributed by atoms with Gasteiger partial charge in [-0.2, -0.15) is 0 Å². The van der Waals surface area contributed by atoms with Crippen LogP contribution < -0.4 is 10.2 Å². The number of hydrogen-bond donors (Lipinski definition) is 0. The van der Waals surface area contributed by atoms with E-state index in [9.17, 15) is 19.8 Å². The van der Waals surface area contributed by atoms with E-state index in [0.717, 1.165) is 7.14 Å². The van der Waals surface area contributed by atoms with Crippen molar-refractivity contribution in [2.45, 2.75) is 12.8 Å². The monoisotopic (exact) mass is 591 g/mol. The standard InChI is InChI=1S/2C7H6INO2.O.V/c2*8-5-1-2-6(9-4-5)3-7(10)11;;/h2*1-2,4H,3H2,(H,10,11);;/q;;-2;+4/p-2. The fraction of sp³-hybridized carbons (Fsp3) is 0.143. The second-order valence-corrected chi connectivity index (χ2v) is 6.52. The molecular weight excluding hydrogens is 581 g/mol. The number of carboxylic acid groups (broad SMARTS) is 2. The van der Waals surface area contributed by atoms with Gasteiger partial charge in [0.15, 0.2) is 0 Å². The molecule has 24 heavy (non-hydrogen) atoms. The second kappa shape index (κ2) is 13.5. The molecule has 0 aromatic carbocycles. The normalized spacial score (nSPS) is 8.75. The van der Waals surface area contributed by atoms with E-state index in [1.807, 2.05) is 12.1 Å². The zero-order valence-corrected chi connectivity index (χ0v) is 17.7. The summed E-state index contributed by atoms with van der Waals surface area (Å²) in [5, 5.41) is 20.2. The molecule has 2 heterocycles. The van der Waals surface area contributed by atoms with Crippen molar-refractivity contribution in [3.8, 4) is 0 Å². The summed E-state index contributed by atoms with van der Waals surface area (Å²) in [7, 11) is 0. The van der Waals surface area contributed by atoms with Crippen molar-refractivity contribution in [1.82, 2.24) is 9.97 Å². The molecule has 0 fully saturated rings. The number of nitrogens with zero attached hydrogens (tertiary/aromatic N) is 2. The molecule has 2 rings (SSSR count). The van der Waals surface area contributed by atoms with E-state index in [0.29, 0.717) is 11.4 Å². The summed E-state index contributed by atoms with van der Waals surface area (Å²) < 4.78 is 1.98. The van der Waals surface area contributed by atoms with Crippen molar-refractivity contribution in [2.75, 3.05) is 0 Å². The van der Waals surface area contributed by atoms with Gasteiger partial charge in [-0.1, -0.05) is 0 Å². The molecule has 2 aromatic heterocycles. The fourth-order valence-corrected chi connectivity index (χ4v) is 1.96. The zero-order valence-electron chi connectivity index (χ0n) is 12.0. The number of carbonyl (C=O) groups excluding carboxylic acids is 2. The predicted molar refractivity (Wildman–Crippen MR) is 92.0 cm³/mol. The van der Waals surface area contributed by atoms with Gasteiger partial charge in [-0.15, -0.1) is 0 Å². The van der Waals surface area contributed by atoms with Gasteiger partial charge in [0.2, 0.25) is 0 Å². The molecule has 0 saturated heterocycles. The first-order valence-corrected chi connectivity index (χ1v) is 8.13. The van der Waals surface area contributed by atoms with Gasteiger partial charge in [0, 0.05) is 55.7 Å². The SMILES string of the molecule is O=C([O-])Cc1ccc(I)cn1.O=C([O-])Cc1ccc(I)cn1.[O-2].[V+4]. The Balaban J connectivity index is 0. The third-order valence-electron chi connectivity index (χ3n) is 2.23. The molecule has 2 aromatic rings. The Kier molecular flexibility index (Phi) is 14.4. The molecule has 10 heteroatoms. The van der Waals surface area contributed by atoms with Crippen molar-refractivity contribution in [1.29, 1.82) is 0 Å². The Labute approximate surface area is 177 Å². The minimum atomic E-state index is -1.10. The van der Waals surface area contributed by atoms with Crippen LogP contribution in [0.15, 0.2) is 36.7 Å². The molecule has 0 aliphatic rings. The molecule has 0 bridgehead atoms. The summed E-state index contributed by atoms with van der Waals surface area (Å²) in [6, 6.07) is 6.98. The first-order chi connectivity index (χ1) is 10.4. The smallest absolute Gasteiger partial charge is 2.00 e. The number of pyridine rings is 2. The quantitative estimate of drug-likeness (QED) is 0.454. The van der Waals surface area contributed by atoms with Crippen LogP contribution in [-0.4, -0.2) is 21.9 Å². The minimum absolute atomic E-state index is 0. The number of carboxylic acids is 2. The Bertz CT molecular complexity index is 581. The van der Waals surface area contributed by atoms with Gasteiger partial charge in [-0.25, -0.2) is 0 Å². The molecule has 7 nitrogen and oxygen atoms in total. The molecule has 0 aliphatic heterocycles. The molecule has 0 spiro atoms. The van der Waals surface area contributed by atoms with Crippen LogP contribution in [0, 0.1) is 7.14 Å². The molecule has 125 valence electrons. The van der Waals surface area contributed by atoms with Crippen molar-refractivity contribution < 1.29 is 43.8 Å². The van der Waals surface area contributed by atoms with Crippen molar-refractivity contribution in [2.24, 2.45) is 0 Å². The van der Waals surface area contributed by atoms with E-state index in [1.165, 1.54) is 0 Å². The van der Waals surface area contributed by atoms with Crippen LogP contribution in [0.1, 0.15) is 11.4 Å². The third-order valence-corrected chi connectivity index (χ3v) is 3.50. The van der Waals surface area contributed by atoms with Gasteiger partial charge in [0.25, 0.3) is 0 Å². The molecule has 0 saturated carbocycles. The van der Waals surface area contributed by atoms with Crippen molar-refractivity contribution in [3.05, 3.63) is 55.2 Å². The maximum Gasteiger partial charge on any atom is 4.00 e. The van der Waals surface area contributed by atoms with E-state index in [1.54, 1.807) is 24.5 Å². The topological polar surface area (TPSA) is 135 Å². The maximum absolute atomic E-state index is 10.1. The van der Waals surface area contributed by atoms with Crippen LogP contribution >= 0.6 is 45.2 Å². The molecule has 0 N–H and O–H groups in total. The van der Waals surface area contributed by atoms with E-state index in [2.05, 4.69) is 55.1 Å². The van der Waals surface area contributed by atoms with E-state index in [-0.39, 0.29) is 36.9 Å². The molecule has 0 unspecified atom stereocenters. The largest absolute Gasteiger partial charge is 4.00 e. The summed E-state index contributed by atoms with van der Waals surface area (Å²) in [4.78, 5) is 28.0. The van der Waals surface area contributed by atoms with Crippen LogP contribution in [0.5, 0.6) is 0 Å². The molecule has 0 atom stereocenters. The number of hydrogen-bond acceptors (Lipinski definition) is 6. The number of carbonyl (C=O) groups is 2. The van der Waals surface area contributed by atoms with Crippen molar-refractivity contribution in [3.63, 3.8) is 0 Å². The van der Waals surface area contributed by atoms with Crippen LogP contribution in [-0.2, 0) is 46.5 Å². The van der Waals surface area contributed by atoms with Crippen molar-refractivity contribution >= 4 is 57.1 Å². The van der Waals surface area contributed by atoms with Gasteiger partial charge in [0.05, 0.1) is 0 Å². The maximum atomic E-state index is 10.1. The Morgan fingerprint density at radius 2 is 1.17 bits per heavy atom. The average molecular weight is 591 g/mol. The van der Waals surface area contributed by atoms with Gasteiger partial charge < -0.3 is 25.3 Å². The number of aliphatic carboxylic acids is 2. The number of halogens is 2. The Morgan fingerprint density at radius 1 is 0.833 bits per heavy atom. The summed E-state index contributed by atoms with van der Waals surface area (Å²) in [5.41, 5.74) is 1.07. The van der Waals surface area contributed by atoms with Crippen LogP contribution in [0.3, 0.4) is 0 Å². The fourth-order valence-electron chi connectivity index (χ4n) is 1.32. The first kappa shape index (κ1) is 25.5. The van der Waals surface area contributed by atoms with Crippen LogP contribution in [0.25, 0.3) is 0 Å². The zero-order chi connectivity index (χ0) is 16.5. The minimum Gasteiger partial charge on any atom is -2.00 e. The van der Waals surface area contributed by atoms with E-state index in [4.69, 9.17) is 0 Å². The summed E-state index contributed by atoms with van der Waals surface area (Å²) in [6.07, 6.45) is 3.02. The summed E-state index contributed by atoms with van der Waals surface area (Å²) >= 11 is 4.21. The van der Waals surface area contributed by atoms with Crippen LogP contribution in [0.4, 0.5) is 0 Å². The third kappa shape index (κ3) is 11.7. The van der Waals surface area contributed by atoms with Gasteiger partial charge >= 0.3 is 18.6 Å². The van der Waals surface area contributed by atoms with Crippen LogP contribution in [0.2, 0.25) is 0 Å². The average Bonchev–Trinajstić information content (AvgIpc) is 2.44. The number of aromatic nitrogens is 2. The predicted octanol–water partition coefficient (Wildman–Crippen LogP) is -0.164. The summed E-state index contributed by atoms with van der Waals surface area (Å²) in [5.74, 6) is -2.20. The Hall–Kier alpha value is -0.756. The molecular formula is C14H10I2N2O5V. The second-order valence-electron chi connectivity index (χ2n) is 4.03. The van der Waals surface area contributed by atoms with Gasteiger partial charge in [-0.3, -0.25) is 9.97 Å². The molecule has 0 aliphatic carbocycles. The summed E-state index contributed by atoms with van der Waals surface area (Å²) in [6.45, 7) is 0. The van der Waals surface area contributed by atoms with E-state index >= 15 is 0 Å². The molecule has 0 amide bonds. The molecule has 1 radical (unpaired) electrons.